The molecule has 8 nitrogen and oxygen atoms in total. The fourth-order valence-electron chi connectivity index (χ4n) is 2.89. The summed E-state index contributed by atoms with van der Waals surface area (Å²) < 4.78 is 46.1. The smallest absolute Gasteiger partial charge is 0.328 e. The predicted molar refractivity (Wildman–Crippen MR) is 137 cm³/mol. The molecular weight excluding hydrogens is 515 g/mol. The second-order valence-corrected chi connectivity index (χ2v) is 10.0. The fraction of sp³-hybridized carbons (Fsp3) is 0.130. The van der Waals surface area contributed by atoms with Crippen molar-refractivity contribution in [1.29, 1.82) is 0 Å². The van der Waals surface area contributed by atoms with Crippen molar-refractivity contribution in [3.05, 3.63) is 87.1 Å². The molecular formula is C23H21ClFN4O4S2+. The monoisotopic (exact) mass is 535 g/mol. The van der Waals surface area contributed by atoms with Crippen LogP contribution in [0, 0.1) is 12.4 Å². The maximum Gasteiger partial charge on any atom is 0.328 e. The summed E-state index contributed by atoms with van der Waals surface area (Å²) in [7, 11) is -2.32. The van der Waals surface area contributed by atoms with Crippen LogP contribution in [0.1, 0.15) is 5.56 Å². The van der Waals surface area contributed by atoms with E-state index < -0.39 is 15.8 Å². The van der Waals surface area contributed by atoms with Gasteiger partial charge in [-0.3, -0.25) is 4.72 Å². The van der Waals surface area contributed by atoms with Crippen LogP contribution in [-0.2, 0) is 16.6 Å². The van der Waals surface area contributed by atoms with E-state index in [4.69, 9.17) is 22.9 Å². The van der Waals surface area contributed by atoms with E-state index in [-0.39, 0.29) is 28.2 Å². The molecule has 0 fully saturated rings. The highest BCUT2D eigenvalue weighted by Gasteiger charge is 2.14. The minimum Gasteiger partial charge on any atom is -0.504 e. The number of hydrogen-bond donors (Lipinski definition) is 3. The van der Waals surface area contributed by atoms with Gasteiger partial charge in [0.25, 0.3) is 6.57 Å². The molecule has 2 aromatic carbocycles. The molecule has 12 heteroatoms. The van der Waals surface area contributed by atoms with E-state index in [9.17, 15) is 17.9 Å². The average Bonchev–Trinajstić information content (AvgIpc) is 3.27. The first-order valence-corrected chi connectivity index (χ1v) is 12.9. The van der Waals surface area contributed by atoms with Gasteiger partial charge < -0.3 is 15.2 Å². The van der Waals surface area contributed by atoms with Crippen LogP contribution in [0.25, 0.3) is 16.1 Å². The number of para-hydroxylation sites is 1. The van der Waals surface area contributed by atoms with Crippen molar-refractivity contribution in [2.75, 3.05) is 17.6 Å². The third-order valence-corrected chi connectivity index (χ3v) is 6.90. The Balaban J connectivity index is 1.62. The molecule has 3 N–H and O–H groups in total. The van der Waals surface area contributed by atoms with Gasteiger partial charge in [-0.1, -0.05) is 35.9 Å². The molecule has 0 unspecified atom stereocenters. The number of rotatable bonds is 10. The van der Waals surface area contributed by atoms with Crippen molar-refractivity contribution in [3.63, 3.8) is 0 Å². The maximum absolute atomic E-state index is 13.7. The number of phenolic OH excluding ortho intramolecular Hbond substituents is 1. The first-order chi connectivity index (χ1) is 16.7. The Morgan fingerprint density at radius 1 is 1.37 bits per heavy atom. The van der Waals surface area contributed by atoms with E-state index in [2.05, 4.69) is 19.9 Å². The fourth-order valence-corrected chi connectivity index (χ4v) is 4.88. The highest BCUT2D eigenvalue weighted by Crippen LogP contribution is 2.30. The van der Waals surface area contributed by atoms with Gasteiger partial charge in [0.05, 0.1) is 23.6 Å². The first kappa shape index (κ1) is 26.0. The highest BCUT2D eigenvalue weighted by molar-refractivity contribution is 7.93. The number of allylic oxidation sites excluding steroid dienone is 1. The summed E-state index contributed by atoms with van der Waals surface area (Å²) in [5.74, 6) is -0.623. The van der Waals surface area contributed by atoms with Crippen LogP contribution in [-0.4, -0.2) is 31.4 Å². The van der Waals surface area contributed by atoms with Crippen LogP contribution in [0.15, 0.2) is 65.8 Å². The van der Waals surface area contributed by atoms with E-state index in [1.54, 1.807) is 29.6 Å². The lowest BCUT2D eigenvalue weighted by Gasteiger charge is -2.10. The molecule has 0 saturated heterocycles. The molecule has 1 aromatic heterocycles. The molecule has 0 amide bonds. The van der Waals surface area contributed by atoms with Gasteiger partial charge in [-0.25, -0.2) is 17.8 Å². The number of ether oxygens (including phenoxy) is 1. The highest BCUT2D eigenvalue weighted by atomic mass is 35.5. The minimum atomic E-state index is -3.77. The molecule has 0 aliphatic rings. The number of benzene rings is 2. The summed E-state index contributed by atoms with van der Waals surface area (Å²) in [5.41, 5.74) is 1.88. The van der Waals surface area contributed by atoms with Crippen molar-refractivity contribution in [2.45, 2.75) is 6.54 Å². The van der Waals surface area contributed by atoms with Crippen LogP contribution in [0.5, 0.6) is 11.5 Å². The van der Waals surface area contributed by atoms with Gasteiger partial charge >= 0.3 is 6.20 Å². The molecule has 0 saturated carbocycles. The topological polar surface area (TPSA) is 105 Å². The van der Waals surface area contributed by atoms with Gasteiger partial charge in [-0.15, -0.1) is 11.3 Å². The van der Waals surface area contributed by atoms with Crippen molar-refractivity contribution < 1.29 is 22.7 Å². The largest absolute Gasteiger partial charge is 0.504 e. The van der Waals surface area contributed by atoms with E-state index in [0.29, 0.717) is 28.3 Å². The van der Waals surface area contributed by atoms with Crippen LogP contribution in [0.2, 0.25) is 5.02 Å². The lowest BCUT2D eigenvalue weighted by Crippen LogP contribution is -2.16. The van der Waals surface area contributed by atoms with Crippen LogP contribution >= 0.6 is 22.9 Å². The molecule has 3 rings (SSSR count). The average molecular weight is 536 g/mol. The number of hydrogen-bond acceptors (Lipinski definition) is 7. The Hall–Kier alpha value is -3.59. The number of methoxy groups -OCH3 is 1. The van der Waals surface area contributed by atoms with Gasteiger partial charge in [-0.2, -0.15) is 0 Å². The standard InChI is InChI=1S/C23H20ClFN4O4S2/c1-26-13-17(27-12-16-5-3-7-21(33-2)22(16)30)6-4-10-35(31,32)29-23-28-20(14-34-23)15-8-9-18(24)19(25)11-15/h1,3-9,11,13-14,27H,10,12H2,2H3,(H-,28,29,30)/p+1/b6-4-,17-13+. The van der Waals surface area contributed by atoms with Crippen molar-refractivity contribution in [2.24, 2.45) is 0 Å². The Bertz CT molecular complexity index is 1420. The minimum absolute atomic E-state index is 0.00792. The molecule has 0 aliphatic heterocycles. The number of phenols is 1. The number of sulfonamides is 1. The Labute approximate surface area is 211 Å². The quantitative estimate of drug-likeness (QED) is 0.308. The van der Waals surface area contributed by atoms with Crippen molar-refractivity contribution >= 4 is 38.1 Å². The number of nitrogens with zero attached hydrogens (tertiary/aromatic N) is 2. The van der Waals surface area contributed by atoms with Gasteiger partial charge in [0.15, 0.2) is 16.6 Å². The number of aromatic hydroxyl groups is 1. The van der Waals surface area contributed by atoms with E-state index >= 15 is 0 Å². The third-order valence-electron chi connectivity index (χ3n) is 4.57. The zero-order valence-electron chi connectivity index (χ0n) is 18.4. The van der Waals surface area contributed by atoms with Crippen LogP contribution < -0.4 is 14.8 Å². The summed E-state index contributed by atoms with van der Waals surface area (Å²) >= 11 is 6.76. The van der Waals surface area contributed by atoms with Gasteiger partial charge in [0, 0.05) is 23.1 Å². The molecule has 3 aromatic rings. The third kappa shape index (κ3) is 7.19. The van der Waals surface area contributed by atoms with Crippen LogP contribution in [0.3, 0.4) is 0 Å². The van der Waals surface area contributed by atoms with Crippen molar-refractivity contribution in [3.8, 4) is 29.3 Å². The number of anilines is 1. The van der Waals surface area contributed by atoms with Gasteiger partial charge in [0.2, 0.25) is 10.0 Å². The summed E-state index contributed by atoms with van der Waals surface area (Å²) in [6.45, 7) is 5.45. The zero-order valence-corrected chi connectivity index (χ0v) is 20.8. The Morgan fingerprint density at radius 3 is 2.89 bits per heavy atom. The number of aromatic nitrogens is 1. The second kappa shape index (κ2) is 11.7. The van der Waals surface area contributed by atoms with Crippen LogP contribution in [0.4, 0.5) is 9.52 Å². The first-order valence-electron chi connectivity index (χ1n) is 9.99. The predicted octanol–water partition coefficient (Wildman–Crippen LogP) is 5.21. The molecule has 0 aliphatic carbocycles. The number of halogens is 2. The Kier molecular flexibility index (Phi) is 8.70. The lowest BCUT2D eigenvalue weighted by atomic mass is 10.2. The lowest BCUT2D eigenvalue weighted by molar-refractivity contribution is 0.370. The molecule has 35 heavy (non-hydrogen) atoms. The second-order valence-electron chi connectivity index (χ2n) is 7.01. The maximum atomic E-state index is 13.7. The molecule has 0 atom stereocenters. The van der Waals surface area contributed by atoms with Gasteiger partial charge in [-0.05, 0) is 29.1 Å². The molecule has 182 valence electrons. The zero-order chi connectivity index (χ0) is 25.4. The molecule has 0 bridgehead atoms. The summed E-state index contributed by atoms with van der Waals surface area (Å²) in [6.07, 6.45) is 4.21. The summed E-state index contributed by atoms with van der Waals surface area (Å²) in [4.78, 5) is 7.66. The van der Waals surface area contributed by atoms with E-state index in [1.807, 2.05) is 0 Å². The van der Waals surface area contributed by atoms with Crippen molar-refractivity contribution in [1.82, 2.24) is 10.3 Å². The normalized spacial score (nSPS) is 11.9. The Morgan fingerprint density at radius 2 is 2.17 bits per heavy atom. The van der Waals surface area contributed by atoms with E-state index in [1.165, 1.54) is 37.6 Å². The SMILES string of the molecule is C#[N+]/C=C(\C=C/CS(=O)(=O)Nc1nc(-c2ccc(Cl)c(F)c2)cs1)NCc1cccc(OC)c1O. The molecule has 1 heterocycles. The summed E-state index contributed by atoms with van der Waals surface area (Å²) in [5, 5.41) is 14.9. The number of thiazole rings is 1. The van der Waals surface area contributed by atoms with E-state index in [0.717, 1.165) is 11.3 Å². The summed E-state index contributed by atoms with van der Waals surface area (Å²) in [6, 6.07) is 9.29. The molecule has 0 spiro atoms. The molecule has 0 radical (unpaired) electrons. The van der Waals surface area contributed by atoms with Gasteiger partial charge in [0.1, 0.15) is 11.5 Å². The number of nitrogens with one attached hydrogen (secondary N) is 2.